The van der Waals surface area contributed by atoms with Crippen molar-refractivity contribution in [3.63, 3.8) is 0 Å². The number of hydrogen-bond donors (Lipinski definition) is 1. The molecule has 4 rings (SSSR count). The van der Waals surface area contributed by atoms with Gasteiger partial charge in [0.15, 0.2) is 0 Å². The number of carbonyl (C=O) groups is 1. The minimum absolute atomic E-state index is 0.154. The summed E-state index contributed by atoms with van der Waals surface area (Å²) >= 11 is 0. The normalized spacial score (nSPS) is 10.8. The van der Waals surface area contributed by atoms with E-state index >= 15 is 0 Å². The smallest absolute Gasteiger partial charge is 0.255 e. The van der Waals surface area contributed by atoms with Crippen molar-refractivity contribution >= 4 is 22.4 Å². The summed E-state index contributed by atoms with van der Waals surface area (Å²) in [6, 6.07) is 17.3. The van der Waals surface area contributed by atoms with Gasteiger partial charge in [0, 0.05) is 18.0 Å². The van der Waals surface area contributed by atoms with Gasteiger partial charge >= 0.3 is 0 Å². The summed E-state index contributed by atoms with van der Waals surface area (Å²) in [6.45, 7) is 1.91. The second kappa shape index (κ2) is 6.20. The number of nitrogens with one attached hydrogen (secondary N) is 1. The van der Waals surface area contributed by atoms with Gasteiger partial charge in [0.1, 0.15) is 11.6 Å². The maximum absolute atomic E-state index is 12.5. The van der Waals surface area contributed by atoms with Crippen molar-refractivity contribution in [2.75, 3.05) is 5.32 Å². The minimum Gasteiger partial charge on any atom is -0.321 e. The molecule has 0 aliphatic heterocycles. The van der Waals surface area contributed by atoms with E-state index in [4.69, 9.17) is 0 Å². The fourth-order valence-electron chi connectivity index (χ4n) is 2.76. The predicted octanol–water partition coefficient (Wildman–Crippen LogP) is 3.98. The lowest BCUT2D eigenvalue weighted by molar-refractivity contribution is 0.102. The fraction of sp³-hybridized carbons (Fsp3) is 0.0500. The third-order valence-electron chi connectivity index (χ3n) is 4.09. The van der Waals surface area contributed by atoms with E-state index in [1.807, 2.05) is 72.3 Å². The van der Waals surface area contributed by atoms with Crippen LogP contribution in [0.2, 0.25) is 0 Å². The number of pyridine rings is 1. The van der Waals surface area contributed by atoms with Crippen LogP contribution in [0.1, 0.15) is 16.2 Å². The molecule has 5 heteroatoms. The van der Waals surface area contributed by atoms with E-state index in [0.29, 0.717) is 11.3 Å². The number of rotatable bonds is 3. The third kappa shape index (κ3) is 2.99. The number of carbonyl (C=O) groups excluding carboxylic acids is 1. The Morgan fingerprint density at radius 3 is 2.56 bits per heavy atom. The van der Waals surface area contributed by atoms with Crippen molar-refractivity contribution in [2.45, 2.75) is 6.92 Å². The van der Waals surface area contributed by atoms with Gasteiger partial charge in [-0.15, -0.1) is 0 Å². The topological polar surface area (TPSA) is 59.8 Å². The minimum atomic E-state index is -0.154. The van der Waals surface area contributed by atoms with Crippen LogP contribution in [0.5, 0.6) is 0 Å². The van der Waals surface area contributed by atoms with Crippen molar-refractivity contribution in [2.24, 2.45) is 0 Å². The first-order chi connectivity index (χ1) is 12.2. The molecule has 0 aliphatic carbocycles. The highest BCUT2D eigenvalue weighted by molar-refractivity contribution is 6.06. The van der Waals surface area contributed by atoms with E-state index in [-0.39, 0.29) is 5.91 Å². The van der Waals surface area contributed by atoms with Crippen LogP contribution < -0.4 is 5.32 Å². The van der Waals surface area contributed by atoms with Crippen LogP contribution in [0.15, 0.2) is 73.2 Å². The Morgan fingerprint density at radius 2 is 1.84 bits per heavy atom. The molecule has 0 fully saturated rings. The molecule has 0 saturated heterocycles. The van der Waals surface area contributed by atoms with Crippen LogP contribution in [-0.2, 0) is 0 Å². The lowest BCUT2D eigenvalue weighted by Crippen LogP contribution is -2.12. The Balaban J connectivity index is 1.54. The van der Waals surface area contributed by atoms with Crippen LogP contribution in [0.3, 0.4) is 0 Å². The molecular formula is C20H16N4O. The van der Waals surface area contributed by atoms with E-state index in [1.165, 1.54) is 0 Å². The van der Waals surface area contributed by atoms with Crippen molar-refractivity contribution in [1.82, 2.24) is 14.5 Å². The van der Waals surface area contributed by atoms with Crippen molar-refractivity contribution in [3.05, 3.63) is 84.6 Å². The van der Waals surface area contributed by atoms with E-state index in [1.54, 1.807) is 12.4 Å². The number of amides is 1. The highest BCUT2D eigenvalue weighted by Gasteiger charge is 2.08. The van der Waals surface area contributed by atoms with Gasteiger partial charge in [0.05, 0.1) is 11.9 Å². The van der Waals surface area contributed by atoms with Crippen LogP contribution in [0.4, 0.5) is 5.69 Å². The molecule has 0 bridgehead atoms. The predicted molar refractivity (Wildman–Crippen MR) is 98.0 cm³/mol. The molecule has 25 heavy (non-hydrogen) atoms. The molecule has 2 aromatic heterocycles. The molecule has 0 radical (unpaired) electrons. The molecule has 5 nitrogen and oxygen atoms in total. The van der Waals surface area contributed by atoms with Crippen LogP contribution in [0.25, 0.3) is 16.6 Å². The Kier molecular flexibility index (Phi) is 3.74. The van der Waals surface area contributed by atoms with E-state index in [2.05, 4.69) is 15.3 Å². The fourth-order valence-corrected chi connectivity index (χ4v) is 2.76. The molecule has 4 aromatic rings. The van der Waals surface area contributed by atoms with E-state index in [9.17, 15) is 4.79 Å². The first-order valence-corrected chi connectivity index (χ1v) is 7.97. The Bertz CT molecular complexity index is 1050. The lowest BCUT2D eigenvalue weighted by Gasteiger charge is -2.08. The zero-order chi connectivity index (χ0) is 17.2. The molecule has 1 N–H and O–H groups in total. The van der Waals surface area contributed by atoms with Gasteiger partial charge in [-0.3, -0.25) is 9.36 Å². The van der Waals surface area contributed by atoms with Gasteiger partial charge in [-0.05, 0) is 42.0 Å². The van der Waals surface area contributed by atoms with Crippen molar-refractivity contribution < 1.29 is 4.79 Å². The zero-order valence-corrected chi connectivity index (χ0v) is 13.7. The summed E-state index contributed by atoms with van der Waals surface area (Å²) in [6.07, 6.45) is 5.23. The Morgan fingerprint density at radius 1 is 1.00 bits per heavy atom. The summed E-state index contributed by atoms with van der Waals surface area (Å²) in [5.41, 5.74) is 1.27. The van der Waals surface area contributed by atoms with Crippen LogP contribution >= 0.6 is 0 Å². The maximum atomic E-state index is 12.5. The van der Waals surface area contributed by atoms with Crippen molar-refractivity contribution in [3.8, 4) is 5.82 Å². The van der Waals surface area contributed by atoms with Gasteiger partial charge in [-0.2, -0.15) is 0 Å². The summed E-state index contributed by atoms with van der Waals surface area (Å²) < 4.78 is 1.88. The maximum Gasteiger partial charge on any atom is 0.255 e. The first-order valence-electron chi connectivity index (χ1n) is 7.97. The van der Waals surface area contributed by atoms with Gasteiger partial charge < -0.3 is 5.32 Å². The van der Waals surface area contributed by atoms with Gasteiger partial charge in [0.2, 0.25) is 0 Å². The number of hydrogen-bond acceptors (Lipinski definition) is 3. The number of fused-ring (bicyclic) bond motifs is 1. The van der Waals surface area contributed by atoms with Gasteiger partial charge in [-0.25, -0.2) is 9.97 Å². The van der Waals surface area contributed by atoms with Crippen LogP contribution in [0, 0.1) is 6.92 Å². The first kappa shape index (κ1) is 15.1. The number of aromatic nitrogens is 3. The molecule has 1 amide bonds. The van der Waals surface area contributed by atoms with E-state index in [0.717, 1.165) is 22.4 Å². The standard InChI is InChI=1S/C20H16N4O/c1-14-21-10-11-24(14)19-9-8-18(13-22-19)23-20(25)17-7-6-15-4-2-3-5-16(15)12-17/h2-13H,1H3,(H,23,25). The largest absolute Gasteiger partial charge is 0.321 e. The third-order valence-corrected chi connectivity index (χ3v) is 4.09. The summed E-state index contributed by atoms with van der Waals surface area (Å²) in [5.74, 6) is 1.47. The highest BCUT2D eigenvalue weighted by Crippen LogP contribution is 2.17. The van der Waals surface area contributed by atoms with Gasteiger partial charge in [-0.1, -0.05) is 30.3 Å². The van der Waals surface area contributed by atoms with Crippen molar-refractivity contribution in [1.29, 1.82) is 0 Å². The average molecular weight is 328 g/mol. The van der Waals surface area contributed by atoms with Crippen LogP contribution in [-0.4, -0.2) is 20.4 Å². The number of nitrogens with zero attached hydrogens (tertiary/aromatic N) is 3. The number of benzene rings is 2. The Hall–Kier alpha value is -3.47. The Labute approximate surface area is 145 Å². The summed E-state index contributed by atoms with van der Waals surface area (Å²) in [7, 11) is 0. The summed E-state index contributed by atoms with van der Waals surface area (Å²) in [4.78, 5) is 21.0. The number of anilines is 1. The second-order valence-corrected chi connectivity index (χ2v) is 5.77. The molecule has 0 spiro atoms. The van der Waals surface area contributed by atoms with Gasteiger partial charge in [0.25, 0.3) is 5.91 Å². The average Bonchev–Trinajstić information content (AvgIpc) is 3.08. The monoisotopic (exact) mass is 328 g/mol. The molecule has 2 aromatic carbocycles. The highest BCUT2D eigenvalue weighted by atomic mass is 16.1. The summed E-state index contributed by atoms with van der Waals surface area (Å²) in [5, 5.41) is 5.04. The molecule has 0 aliphatic rings. The SMILES string of the molecule is Cc1nccn1-c1ccc(NC(=O)c2ccc3ccccc3c2)cn1. The second-order valence-electron chi connectivity index (χ2n) is 5.77. The van der Waals surface area contributed by atoms with E-state index < -0.39 is 0 Å². The number of imidazole rings is 1. The molecule has 2 heterocycles. The quantitative estimate of drug-likeness (QED) is 0.619. The molecule has 0 atom stereocenters. The molecule has 0 unspecified atom stereocenters. The zero-order valence-electron chi connectivity index (χ0n) is 13.7. The molecular weight excluding hydrogens is 312 g/mol. The number of aryl methyl sites for hydroxylation is 1. The lowest BCUT2D eigenvalue weighted by atomic mass is 10.1. The molecule has 122 valence electrons. The molecule has 0 saturated carbocycles.